The molecular weight excluding hydrogens is 263 g/mol. The van der Waals surface area contributed by atoms with E-state index in [-0.39, 0.29) is 0 Å². The Hall–Kier alpha value is 1.00. The SMILES string of the molecule is CCC(COC)COSI. The topological polar surface area (TPSA) is 18.5 Å². The van der Waals surface area contributed by atoms with Crippen LogP contribution in [0.15, 0.2) is 0 Å². The predicted molar refractivity (Wildman–Crippen MR) is 53.2 cm³/mol. The van der Waals surface area contributed by atoms with Gasteiger partial charge in [-0.1, -0.05) is 6.92 Å². The van der Waals surface area contributed by atoms with E-state index in [0.29, 0.717) is 5.92 Å². The van der Waals surface area contributed by atoms with Crippen LogP contribution in [0.1, 0.15) is 13.3 Å². The minimum atomic E-state index is 0.548. The van der Waals surface area contributed by atoms with Gasteiger partial charge in [-0.15, -0.1) is 0 Å². The third-order valence-electron chi connectivity index (χ3n) is 1.33. The maximum atomic E-state index is 5.16. The molecule has 0 aromatic carbocycles. The van der Waals surface area contributed by atoms with Crippen molar-refractivity contribution in [2.45, 2.75) is 13.3 Å². The lowest BCUT2D eigenvalue weighted by atomic mass is 10.1. The van der Waals surface area contributed by atoms with Crippen LogP contribution in [-0.4, -0.2) is 20.3 Å². The first kappa shape index (κ1) is 11.0. The number of hydrogen-bond donors (Lipinski definition) is 0. The number of hydrogen-bond acceptors (Lipinski definition) is 3. The zero-order valence-electron chi connectivity index (χ0n) is 6.30. The van der Waals surface area contributed by atoms with Gasteiger partial charge < -0.3 is 8.92 Å². The second-order valence-electron chi connectivity index (χ2n) is 2.08. The molecule has 0 saturated carbocycles. The van der Waals surface area contributed by atoms with Crippen LogP contribution in [0.3, 0.4) is 0 Å². The Bertz CT molecular complexity index is 72.8. The Morgan fingerprint density at radius 1 is 1.50 bits per heavy atom. The van der Waals surface area contributed by atoms with Gasteiger partial charge in [-0.05, 0) is 6.42 Å². The molecule has 1 atom stereocenters. The highest BCUT2D eigenvalue weighted by Gasteiger charge is 2.04. The van der Waals surface area contributed by atoms with E-state index in [1.165, 1.54) is 9.21 Å². The molecule has 1 unspecified atom stereocenters. The van der Waals surface area contributed by atoms with E-state index in [9.17, 15) is 0 Å². The molecule has 10 heavy (non-hydrogen) atoms. The van der Waals surface area contributed by atoms with Crippen LogP contribution in [0.4, 0.5) is 0 Å². The summed E-state index contributed by atoms with van der Waals surface area (Å²) in [5.74, 6) is 0.548. The van der Waals surface area contributed by atoms with E-state index >= 15 is 0 Å². The number of methoxy groups -OCH3 is 1. The molecule has 0 aliphatic heterocycles. The number of halogens is 1. The Balaban J connectivity index is 3.21. The summed E-state index contributed by atoms with van der Waals surface area (Å²) in [4.78, 5) is 0. The van der Waals surface area contributed by atoms with Crippen molar-refractivity contribution in [2.75, 3.05) is 20.3 Å². The third-order valence-corrected chi connectivity index (χ3v) is 2.32. The second-order valence-corrected chi connectivity index (χ2v) is 3.52. The van der Waals surface area contributed by atoms with E-state index in [2.05, 4.69) is 28.1 Å². The summed E-state index contributed by atoms with van der Waals surface area (Å²) < 4.78 is 10.2. The van der Waals surface area contributed by atoms with Crippen LogP contribution in [0.25, 0.3) is 0 Å². The van der Waals surface area contributed by atoms with Crippen molar-refractivity contribution in [1.82, 2.24) is 0 Å². The fourth-order valence-corrected chi connectivity index (χ4v) is 1.33. The molecule has 0 bridgehead atoms. The molecule has 0 aliphatic rings. The van der Waals surface area contributed by atoms with Crippen LogP contribution >= 0.6 is 30.4 Å². The highest BCUT2D eigenvalue weighted by atomic mass is 127. The number of rotatable bonds is 6. The van der Waals surface area contributed by atoms with E-state index in [1.807, 2.05) is 0 Å². The van der Waals surface area contributed by atoms with Gasteiger partial charge in [0.1, 0.15) is 0 Å². The molecule has 0 rings (SSSR count). The first-order valence-electron chi connectivity index (χ1n) is 3.24. The molecule has 0 saturated heterocycles. The van der Waals surface area contributed by atoms with Crippen LogP contribution in [0.5, 0.6) is 0 Å². The van der Waals surface area contributed by atoms with Crippen LogP contribution in [0, 0.1) is 5.92 Å². The molecule has 0 amide bonds. The zero-order valence-corrected chi connectivity index (χ0v) is 9.28. The summed E-state index contributed by atoms with van der Waals surface area (Å²) in [6.45, 7) is 3.73. The quantitative estimate of drug-likeness (QED) is 0.549. The molecule has 0 aromatic rings. The summed E-state index contributed by atoms with van der Waals surface area (Å²) >= 11 is 2.12. The van der Waals surface area contributed by atoms with Crippen molar-refractivity contribution in [3.63, 3.8) is 0 Å². The van der Waals surface area contributed by atoms with Gasteiger partial charge in [-0.2, -0.15) is 0 Å². The molecule has 0 spiro atoms. The summed E-state index contributed by atoms with van der Waals surface area (Å²) in [7, 11) is 3.11. The molecule has 0 heterocycles. The fraction of sp³-hybridized carbons (Fsp3) is 1.00. The van der Waals surface area contributed by atoms with E-state index < -0.39 is 0 Å². The Kier molecular flexibility index (Phi) is 8.91. The van der Waals surface area contributed by atoms with E-state index in [4.69, 9.17) is 8.92 Å². The highest BCUT2D eigenvalue weighted by molar-refractivity contribution is 14.2. The zero-order chi connectivity index (χ0) is 7.82. The molecule has 0 radical (unpaired) electrons. The summed E-state index contributed by atoms with van der Waals surface area (Å²) in [6, 6.07) is 0. The second kappa shape index (κ2) is 8.10. The lowest BCUT2D eigenvalue weighted by molar-refractivity contribution is 0.124. The molecule has 2 nitrogen and oxygen atoms in total. The smallest absolute Gasteiger partial charge is 0.0673 e. The molecule has 0 fully saturated rings. The van der Waals surface area contributed by atoms with Crippen molar-refractivity contribution in [2.24, 2.45) is 5.92 Å². The maximum absolute atomic E-state index is 5.16. The van der Waals surface area contributed by atoms with Crippen LogP contribution in [0.2, 0.25) is 0 Å². The summed E-state index contributed by atoms with van der Waals surface area (Å²) in [6.07, 6.45) is 1.12. The largest absolute Gasteiger partial charge is 0.384 e. The van der Waals surface area contributed by atoms with Crippen molar-refractivity contribution >= 4 is 30.4 Å². The minimum absolute atomic E-state index is 0.548. The van der Waals surface area contributed by atoms with E-state index in [0.717, 1.165) is 19.6 Å². The Morgan fingerprint density at radius 2 is 2.20 bits per heavy atom. The van der Waals surface area contributed by atoms with Gasteiger partial charge in [0.15, 0.2) is 0 Å². The fourth-order valence-electron chi connectivity index (χ4n) is 0.641. The van der Waals surface area contributed by atoms with E-state index in [1.54, 1.807) is 7.11 Å². The first-order chi connectivity index (χ1) is 4.85. The molecular formula is C6H13IO2S. The monoisotopic (exact) mass is 276 g/mol. The lowest BCUT2D eigenvalue weighted by Gasteiger charge is -2.11. The Morgan fingerprint density at radius 3 is 2.60 bits per heavy atom. The van der Waals surface area contributed by atoms with Gasteiger partial charge in [0.25, 0.3) is 0 Å². The molecule has 0 N–H and O–H groups in total. The normalized spacial score (nSPS) is 13.5. The van der Waals surface area contributed by atoms with Gasteiger partial charge in [0, 0.05) is 34.2 Å². The summed E-state index contributed by atoms with van der Waals surface area (Å²) in [5, 5.41) is 0. The van der Waals surface area contributed by atoms with Crippen molar-refractivity contribution in [1.29, 1.82) is 0 Å². The summed E-state index contributed by atoms with van der Waals surface area (Å²) in [5.41, 5.74) is 0. The van der Waals surface area contributed by atoms with Gasteiger partial charge in [-0.25, -0.2) is 0 Å². The van der Waals surface area contributed by atoms with Gasteiger partial charge >= 0.3 is 0 Å². The lowest BCUT2D eigenvalue weighted by Crippen LogP contribution is -2.11. The van der Waals surface area contributed by atoms with Crippen LogP contribution < -0.4 is 0 Å². The minimum Gasteiger partial charge on any atom is -0.384 e. The molecule has 62 valence electrons. The average Bonchev–Trinajstić information content (AvgIpc) is 1.98. The standard InChI is InChI=1S/C6H13IO2S/c1-3-6(4-8-2)5-9-10-7/h6H,3-5H2,1-2H3. The molecule has 0 aromatic heterocycles. The van der Waals surface area contributed by atoms with Crippen LogP contribution in [-0.2, 0) is 8.92 Å². The Labute approximate surface area is 78.8 Å². The van der Waals surface area contributed by atoms with Gasteiger partial charge in [-0.3, -0.25) is 0 Å². The number of ether oxygens (including phenoxy) is 1. The first-order valence-corrected chi connectivity index (χ1v) is 6.52. The van der Waals surface area contributed by atoms with Crippen molar-refractivity contribution < 1.29 is 8.92 Å². The van der Waals surface area contributed by atoms with Gasteiger partial charge in [0.05, 0.1) is 22.4 Å². The highest BCUT2D eigenvalue weighted by Crippen LogP contribution is 2.15. The van der Waals surface area contributed by atoms with Crippen molar-refractivity contribution in [3.8, 4) is 0 Å². The maximum Gasteiger partial charge on any atom is 0.0673 e. The molecule has 4 heteroatoms. The third kappa shape index (κ3) is 5.76. The predicted octanol–water partition coefficient (Wildman–Crippen LogP) is 2.67. The molecule has 0 aliphatic carbocycles. The van der Waals surface area contributed by atoms with Crippen molar-refractivity contribution in [3.05, 3.63) is 0 Å². The average molecular weight is 276 g/mol. The van der Waals surface area contributed by atoms with Gasteiger partial charge in [0.2, 0.25) is 0 Å².